The maximum Gasteiger partial charge on any atom is 0.208 e. The summed E-state index contributed by atoms with van der Waals surface area (Å²) in [5.41, 5.74) is -4.23. The zero-order chi connectivity index (χ0) is 47.8. The summed E-state index contributed by atoms with van der Waals surface area (Å²) < 4.78 is 2.69. The van der Waals surface area contributed by atoms with Crippen molar-refractivity contribution in [1.29, 1.82) is 0 Å². The molecule has 0 unspecified atom stereocenters. The van der Waals surface area contributed by atoms with Crippen molar-refractivity contribution in [2.75, 3.05) is 0 Å². The van der Waals surface area contributed by atoms with Gasteiger partial charge in [-0.2, -0.15) is 0 Å². The van der Waals surface area contributed by atoms with Crippen molar-refractivity contribution in [1.82, 2.24) is 13.7 Å². The Morgan fingerprint density at radius 2 is 0.455 bits per heavy atom. The first-order valence-corrected chi connectivity index (χ1v) is 18.4. The second-order valence-electron chi connectivity index (χ2n) is 15.0. The average Bonchev–Trinajstić information content (AvgIpc) is 3.96. The summed E-state index contributed by atoms with van der Waals surface area (Å²) in [6.07, 6.45) is 0. The molecule has 0 aliphatic carbocycles. The fraction of sp³-hybridized carbons (Fsp3) is 0. The number of benzene rings is 7. The highest BCUT2D eigenvalue weighted by molar-refractivity contribution is 6.23. The van der Waals surface area contributed by atoms with Crippen LogP contribution in [0.2, 0.25) is 0 Å². The van der Waals surface area contributed by atoms with Crippen LogP contribution in [0, 0.1) is 0 Å². The van der Waals surface area contributed by atoms with E-state index < -0.39 is 170 Å². The van der Waals surface area contributed by atoms with Gasteiger partial charge in [0.1, 0.15) is 27.8 Å². The van der Waals surface area contributed by atoms with Crippen LogP contribution in [-0.4, -0.2) is 121 Å². The quantitative estimate of drug-likeness (QED) is 0.0836. The van der Waals surface area contributed by atoms with Crippen molar-refractivity contribution in [3.8, 4) is 138 Å². The second kappa shape index (κ2) is 12.4. The number of fused-ring (bicyclic) bond motifs is 9. The van der Waals surface area contributed by atoms with Gasteiger partial charge in [-0.15, -0.1) is 0 Å². The van der Waals surface area contributed by atoms with Crippen LogP contribution in [0.3, 0.4) is 0 Å². The minimum atomic E-state index is -1.33. The fourth-order valence-corrected chi connectivity index (χ4v) is 8.70. The molecule has 0 aliphatic heterocycles. The Hall–Kier alpha value is -10.3. The zero-order valence-corrected chi connectivity index (χ0v) is 32.2. The van der Waals surface area contributed by atoms with E-state index in [1.165, 1.54) is 36.4 Å². The third-order valence-electron chi connectivity index (χ3n) is 11.7. The van der Waals surface area contributed by atoms with Gasteiger partial charge in [-0.1, -0.05) is 0 Å². The monoisotopic (exact) mass is 909 g/mol. The van der Waals surface area contributed by atoms with Crippen molar-refractivity contribution >= 4 is 65.4 Å². The van der Waals surface area contributed by atoms with E-state index in [1.54, 1.807) is 0 Å². The van der Waals surface area contributed by atoms with Crippen LogP contribution >= 0.6 is 0 Å². The Kier molecular flexibility index (Phi) is 7.51. The second-order valence-corrected chi connectivity index (χ2v) is 15.0. The van der Waals surface area contributed by atoms with E-state index >= 15 is 0 Å². The minimum absolute atomic E-state index is 0.0930. The van der Waals surface area contributed by atoms with E-state index in [0.717, 1.165) is 13.7 Å². The van der Waals surface area contributed by atoms with E-state index in [1.807, 2.05) is 0 Å². The van der Waals surface area contributed by atoms with Crippen LogP contribution in [0.4, 0.5) is 0 Å². The molecule has 0 aliphatic rings. The molecule has 0 saturated carbocycles. The summed E-state index contributed by atoms with van der Waals surface area (Å²) in [5.74, 6) is -26.4. The topological polar surface area (TPSA) is 440 Å². The van der Waals surface area contributed by atoms with Crippen molar-refractivity contribution in [3.05, 3.63) is 36.4 Å². The van der Waals surface area contributed by atoms with E-state index in [4.69, 9.17) is 0 Å². The molecular weight excluding hydrogens is 882 g/mol. The van der Waals surface area contributed by atoms with Gasteiger partial charge in [-0.3, -0.25) is 0 Å². The Bertz CT molecular complexity index is 3550. The SMILES string of the molecule is Oc1c(O)c(O)c(-n2c3ccc(-n4c5c(O)c(O)c(O)c(O)c5c5c(O)c(O)c(O)c(O)c54)cc3c3cc(-n4c5c(O)c(O)c(O)c(O)c5c5c(O)c(O)c(O)c(O)c54)ccc32)c(O)c1O. The lowest BCUT2D eigenvalue weighted by atomic mass is 10.1. The third-order valence-corrected chi connectivity index (χ3v) is 11.7. The third kappa shape index (κ3) is 4.43. The number of nitrogens with zero attached hydrogens (tertiary/aromatic N) is 3. The van der Waals surface area contributed by atoms with Gasteiger partial charge < -0.3 is 121 Å². The molecule has 24 nitrogen and oxygen atoms in total. The molecule has 66 heavy (non-hydrogen) atoms. The Morgan fingerprint density at radius 1 is 0.227 bits per heavy atom. The first kappa shape index (κ1) is 39.9. The summed E-state index contributed by atoms with van der Waals surface area (Å²) in [5, 5.41) is 225. The highest BCUT2D eigenvalue weighted by Gasteiger charge is 2.35. The van der Waals surface area contributed by atoms with Gasteiger partial charge in [0.2, 0.25) is 63.2 Å². The first-order valence-electron chi connectivity index (χ1n) is 18.4. The van der Waals surface area contributed by atoms with Gasteiger partial charge in [0.25, 0.3) is 0 Å². The highest BCUT2D eigenvalue weighted by Crippen LogP contribution is 2.62. The molecule has 7 aromatic carbocycles. The highest BCUT2D eigenvalue weighted by atomic mass is 16.4. The van der Waals surface area contributed by atoms with Crippen LogP contribution in [0.1, 0.15) is 0 Å². The van der Waals surface area contributed by atoms with Crippen LogP contribution in [-0.2, 0) is 0 Å². The summed E-state index contributed by atoms with van der Waals surface area (Å²) in [4.78, 5) is 0. The molecule has 0 atom stereocenters. The lowest BCUT2D eigenvalue weighted by molar-refractivity contribution is 0.327. The normalized spacial score (nSPS) is 12.0. The molecule has 0 bridgehead atoms. The predicted molar refractivity (Wildman–Crippen MR) is 224 cm³/mol. The van der Waals surface area contributed by atoms with E-state index in [9.17, 15) is 107 Å². The smallest absolute Gasteiger partial charge is 0.208 e. The Morgan fingerprint density at radius 3 is 0.727 bits per heavy atom. The van der Waals surface area contributed by atoms with Crippen molar-refractivity contribution in [2.45, 2.75) is 0 Å². The molecule has 0 fully saturated rings. The molecule has 0 spiro atoms. The lowest BCUT2D eigenvalue weighted by Crippen LogP contribution is -1.98. The Balaban J connectivity index is 1.42. The van der Waals surface area contributed by atoms with E-state index in [-0.39, 0.29) is 33.2 Å². The van der Waals surface area contributed by atoms with Crippen LogP contribution in [0.15, 0.2) is 36.4 Å². The molecule has 21 N–H and O–H groups in total. The minimum Gasteiger partial charge on any atom is -0.504 e. The van der Waals surface area contributed by atoms with Gasteiger partial charge in [-0.25, -0.2) is 0 Å². The summed E-state index contributed by atoms with van der Waals surface area (Å²) in [6.45, 7) is 0. The number of hydrogen-bond acceptors (Lipinski definition) is 21. The number of rotatable bonds is 3. The number of aromatic hydroxyl groups is 21. The summed E-state index contributed by atoms with van der Waals surface area (Å²) in [7, 11) is 0. The van der Waals surface area contributed by atoms with Gasteiger partial charge in [0, 0.05) is 22.1 Å². The van der Waals surface area contributed by atoms with Crippen molar-refractivity contribution < 1.29 is 107 Å². The Labute approximate surface area is 360 Å². The predicted octanol–water partition coefficient (Wildman–Crippen LogP) is 4.80. The molecule has 336 valence electrons. The van der Waals surface area contributed by atoms with Gasteiger partial charge in [0.15, 0.2) is 57.5 Å². The number of phenols is 21. The van der Waals surface area contributed by atoms with Crippen LogP contribution in [0.25, 0.3) is 82.5 Å². The summed E-state index contributed by atoms with van der Waals surface area (Å²) >= 11 is 0. The first-order chi connectivity index (χ1) is 31.1. The largest absolute Gasteiger partial charge is 0.504 e. The molecule has 10 rings (SSSR count). The van der Waals surface area contributed by atoms with Crippen molar-refractivity contribution in [3.63, 3.8) is 0 Å². The van der Waals surface area contributed by atoms with Gasteiger partial charge >= 0.3 is 0 Å². The van der Waals surface area contributed by atoms with Gasteiger partial charge in [-0.05, 0) is 36.4 Å². The molecular formula is C42H27N3O21. The molecule has 10 aromatic rings. The molecule has 0 radical (unpaired) electrons. The standard InChI is InChI=1S/C42H27N3O21/c46-22-13-14-18(27(51)37(61)33(57)23(14)47)43(17(13)26(50)36(60)32(22)56)7-1-3-11-9(5-7)10-6-8(2-4-12(10)45(11)21-30(54)40(64)42(66)41(65)31(21)55)44-19-15(24(48)34(58)38(62)28(19)52)16-20(44)29(53)39(63)35(59)25(16)49/h1-6,46-66H. The molecule has 0 amide bonds. The van der Waals surface area contributed by atoms with E-state index in [0.29, 0.717) is 0 Å². The zero-order valence-electron chi connectivity index (χ0n) is 32.2. The van der Waals surface area contributed by atoms with E-state index in [2.05, 4.69) is 0 Å². The molecule has 3 aromatic heterocycles. The molecule has 0 saturated heterocycles. The van der Waals surface area contributed by atoms with Crippen LogP contribution < -0.4 is 0 Å². The molecule has 3 heterocycles. The maximum atomic E-state index is 11.3. The fourth-order valence-electron chi connectivity index (χ4n) is 8.70. The number of aromatic nitrogens is 3. The summed E-state index contributed by atoms with van der Waals surface area (Å²) in [6, 6.07) is 7.13. The lowest BCUT2D eigenvalue weighted by Gasteiger charge is -2.16. The number of hydrogen-bond donors (Lipinski definition) is 21. The maximum absolute atomic E-state index is 11.3. The van der Waals surface area contributed by atoms with Crippen LogP contribution in [0.5, 0.6) is 121 Å². The van der Waals surface area contributed by atoms with Gasteiger partial charge in [0.05, 0.1) is 32.6 Å². The molecule has 24 heteroatoms. The van der Waals surface area contributed by atoms with Crippen molar-refractivity contribution in [2.24, 2.45) is 0 Å². The average molecular weight is 910 g/mol. The number of phenolic OH excluding ortho intramolecular Hbond substituents is 21.